The standard InChI is InChI=1S/C38H76O2/c1-4-7-10-13-16-18-19-20-21-22-23-24-25-27-30-33-36-40-38(39)37(34-31-28-15-12-9-6-3)35-32-29-26-17-14-11-8-5-2/h37H,4-36H2,1-3H3. The predicted octanol–water partition coefficient (Wildman–Crippen LogP) is 13.7. The summed E-state index contributed by atoms with van der Waals surface area (Å²) >= 11 is 0. The summed E-state index contributed by atoms with van der Waals surface area (Å²) in [6.07, 6.45) is 42.6. The van der Waals surface area contributed by atoms with Crippen molar-refractivity contribution < 1.29 is 9.53 Å². The molecule has 0 spiro atoms. The van der Waals surface area contributed by atoms with E-state index in [1.165, 1.54) is 186 Å². The van der Waals surface area contributed by atoms with Crippen molar-refractivity contribution in [2.24, 2.45) is 5.92 Å². The first-order valence-corrected chi connectivity index (χ1v) is 18.9. The molecule has 0 amide bonds. The van der Waals surface area contributed by atoms with E-state index in [9.17, 15) is 4.79 Å². The molecule has 0 rings (SSSR count). The Hall–Kier alpha value is -0.530. The van der Waals surface area contributed by atoms with Gasteiger partial charge in [0.2, 0.25) is 0 Å². The molecular formula is C38H76O2. The van der Waals surface area contributed by atoms with Crippen LogP contribution in [0.2, 0.25) is 0 Å². The van der Waals surface area contributed by atoms with Crippen molar-refractivity contribution in [1.82, 2.24) is 0 Å². The fourth-order valence-corrected chi connectivity index (χ4v) is 6.02. The maximum absolute atomic E-state index is 12.9. The molecule has 0 aliphatic carbocycles. The summed E-state index contributed by atoms with van der Waals surface area (Å²) in [5, 5.41) is 0. The maximum Gasteiger partial charge on any atom is 0.308 e. The van der Waals surface area contributed by atoms with Gasteiger partial charge in [-0.1, -0.05) is 207 Å². The molecule has 0 aliphatic heterocycles. The number of hydrogen-bond acceptors (Lipinski definition) is 2. The Kier molecular flexibility index (Phi) is 34.2. The first kappa shape index (κ1) is 39.5. The molecule has 0 saturated carbocycles. The molecule has 2 heteroatoms. The molecule has 40 heavy (non-hydrogen) atoms. The first-order chi connectivity index (χ1) is 19.8. The smallest absolute Gasteiger partial charge is 0.308 e. The second-order valence-corrected chi connectivity index (χ2v) is 13.0. The fourth-order valence-electron chi connectivity index (χ4n) is 6.02. The van der Waals surface area contributed by atoms with Gasteiger partial charge in [0.15, 0.2) is 0 Å². The number of carbonyl (C=O) groups is 1. The molecular weight excluding hydrogens is 488 g/mol. The molecule has 0 aromatic carbocycles. The quantitative estimate of drug-likeness (QED) is 0.0574. The van der Waals surface area contributed by atoms with Gasteiger partial charge in [-0.3, -0.25) is 4.79 Å². The molecule has 0 saturated heterocycles. The summed E-state index contributed by atoms with van der Waals surface area (Å²) in [6, 6.07) is 0. The van der Waals surface area contributed by atoms with E-state index in [2.05, 4.69) is 20.8 Å². The van der Waals surface area contributed by atoms with Crippen molar-refractivity contribution in [1.29, 1.82) is 0 Å². The molecule has 2 nitrogen and oxygen atoms in total. The van der Waals surface area contributed by atoms with Gasteiger partial charge in [-0.15, -0.1) is 0 Å². The van der Waals surface area contributed by atoms with Crippen molar-refractivity contribution >= 4 is 5.97 Å². The van der Waals surface area contributed by atoms with Gasteiger partial charge in [-0.25, -0.2) is 0 Å². The second kappa shape index (κ2) is 34.7. The molecule has 0 heterocycles. The van der Waals surface area contributed by atoms with E-state index in [1.54, 1.807) is 0 Å². The molecule has 0 radical (unpaired) electrons. The molecule has 0 fully saturated rings. The highest BCUT2D eigenvalue weighted by Gasteiger charge is 2.19. The van der Waals surface area contributed by atoms with Gasteiger partial charge in [0.25, 0.3) is 0 Å². The maximum atomic E-state index is 12.9. The topological polar surface area (TPSA) is 26.3 Å². The molecule has 0 aromatic heterocycles. The lowest BCUT2D eigenvalue weighted by Gasteiger charge is -2.16. The molecule has 0 bridgehead atoms. The minimum Gasteiger partial charge on any atom is -0.465 e. The zero-order chi connectivity index (χ0) is 29.2. The summed E-state index contributed by atoms with van der Waals surface area (Å²) in [4.78, 5) is 12.9. The van der Waals surface area contributed by atoms with E-state index >= 15 is 0 Å². The third-order valence-corrected chi connectivity index (χ3v) is 8.89. The van der Waals surface area contributed by atoms with Gasteiger partial charge in [0.1, 0.15) is 0 Å². The molecule has 0 aliphatic rings. The Morgan fingerprint density at radius 1 is 0.375 bits per heavy atom. The van der Waals surface area contributed by atoms with Gasteiger partial charge in [-0.2, -0.15) is 0 Å². The van der Waals surface area contributed by atoms with E-state index < -0.39 is 0 Å². The number of carbonyl (C=O) groups excluding carboxylic acids is 1. The van der Waals surface area contributed by atoms with Crippen LogP contribution in [0.15, 0.2) is 0 Å². The van der Waals surface area contributed by atoms with E-state index in [-0.39, 0.29) is 11.9 Å². The molecule has 1 unspecified atom stereocenters. The van der Waals surface area contributed by atoms with Crippen molar-refractivity contribution in [3.8, 4) is 0 Å². The number of ether oxygens (including phenoxy) is 1. The molecule has 0 N–H and O–H groups in total. The van der Waals surface area contributed by atoms with Crippen LogP contribution in [-0.2, 0) is 9.53 Å². The predicted molar refractivity (Wildman–Crippen MR) is 179 cm³/mol. The van der Waals surface area contributed by atoms with Crippen LogP contribution in [0.25, 0.3) is 0 Å². The largest absolute Gasteiger partial charge is 0.465 e. The highest BCUT2D eigenvalue weighted by molar-refractivity contribution is 5.72. The van der Waals surface area contributed by atoms with Crippen LogP contribution in [0.3, 0.4) is 0 Å². The fraction of sp³-hybridized carbons (Fsp3) is 0.974. The van der Waals surface area contributed by atoms with Crippen molar-refractivity contribution in [2.45, 2.75) is 226 Å². The Balaban J connectivity index is 3.80. The Labute approximate surface area is 254 Å². The number of unbranched alkanes of at least 4 members (excludes halogenated alkanes) is 27. The third kappa shape index (κ3) is 30.4. The highest BCUT2D eigenvalue weighted by atomic mass is 16.5. The highest BCUT2D eigenvalue weighted by Crippen LogP contribution is 2.21. The Bertz CT molecular complexity index is 474. The zero-order valence-electron chi connectivity index (χ0n) is 28.2. The van der Waals surface area contributed by atoms with Crippen LogP contribution in [-0.4, -0.2) is 12.6 Å². The van der Waals surface area contributed by atoms with Gasteiger partial charge >= 0.3 is 5.97 Å². The number of rotatable bonds is 34. The zero-order valence-corrected chi connectivity index (χ0v) is 28.2. The van der Waals surface area contributed by atoms with Crippen molar-refractivity contribution in [2.75, 3.05) is 6.61 Å². The average Bonchev–Trinajstić information content (AvgIpc) is 2.96. The molecule has 0 aromatic rings. The monoisotopic (exact) mass is 565 g/mol. The van der Waals surface area contributed by atoms with Gasteiger partial charge < -0.3 is 4.74 Å². The van der Waals surface area contributed by atoms with Gasteiger partial charge in [0.05, 0.1) is 12.5 Å². The Morgan fingerprint density at radius 3 is 0.925 bits per heavy atom. The summed E-state index contributed by atoms with van der Waals surface area (Å²) in [6.45, 7) is 7.49. The summed E-state index contributed by atoms with van der Waals surface area (Å²) in [5.41, 5.74) is 0. The molecule has 1 atom stereocenters. The Morgan fingerprint density at radius 2 is 0.625 bits per heavy atom. The van der Waals surface area contributed by atoms with Crippen LogP contribution < -0.4 is 0 Å². The van der Waals surface area contributed by atoms with Crippen molar-refractivity contribution in [3.05, 3.63) is 0 Å². The number of hydrogen-bond donors (Lipinski definition) is 0. The average molecular weight is 565 g/mol. The third-order valence-electron chi connectivity index (χ3n) is 8.89. The van der Waals surface area contributed by atoms with E-state index in [4.69, 9.17) is 4.74 Å². The van der Waals surface area contributed by atoms with Crippen LogP contribution in [0.1, 0.15) is 226 Å². The van der Waals surface area contributed by atoms with E-state index in [0.717, 1.165) is 19.3 Å². The van der Waals surface area contributed by atoms with Gasteiger partial charge in [-0.05, 0) is 19.3 Å². The lowest BCUT2D eigenvalue weighted by atomic mass is 9.94. The summed E-state index contributed by atoms with van der Waals surface area (Å²) in [7, 11) is 0. The van der Waals surface area contributed by atoms with Crippen LogP contribution in [0.4, 0.5) is 0 Å². The number of esters is 1. The van der Waals surface area contributed by atoms with Crippen molar-refractivity contribution in [3.63, 3.8) is 0 Å². The van der Waals surface area contributed by atoms with E-state index in [0.29, 0.717) is 6.61 Å². The minimum atomic E-state index is 0.109. The van der Waals surface area contributed by atoms with Crippen LogP contribution in [0.5, 0.6) is 0 Å². The lowest BCUT2D eigenvalue weighted by Crippen LogP contribution is -2.18. The van der Waals surface area contributed by atoms with Crippen LogP contribution >= 0.6 is 0 Å². The summed E-state index contributed by atoms with van der Waals surface area (Å²) < 4.78 is 5.80. The second-order valence-electron chi connectivity index (χ2n) is 13.0. The minimum absolute atomic E-state index is 0.109. The van der Waals surface area contributed by atoms with Crippen LogP contribution in [0, 0.1) is 5.92 Å². The van der Waals surface area contributed by atoms with E-state index in [1.807, 2.05) is 0 Å². The lowest BCUT2D eigenvalue weighted by molar-refractivity contribution is -0.149. The summed E-state index contributed by atoms with van der Waals surface area (Å²) in [5.74, 6) is 0.254. The normalized spacial score (nSPS) is 12.2. The first-order valence-electron chi connectivity index (χ1n) is 18.9. The molecule has 240 valence electrons. The SMILES string of the molecule is CCCCCCCCCCCCCCCCCCOC(=O)C(CCCCCCCC)CCCCCCCCCC. The van der Waals surface area contributed by atoms with Gasteiger partial charge in [0, 0.05) is 0 Å².